The van der Waals surface area contributed by atoms with Crippen molar-refractivity contribution in [3.63, 3.8) is 0 Å². The Kier molecular flexibility index (Phi) is 5.03. The number of hydrogen-bond donors (Lipinski definition) is 2. The van der Waals surface area contributed by atoms with Crippen molar-refractivity contribution in [2.75, 3.05) is 6.54 Å². The number of halogens is 4. The van der Waals surface area contributed by atoms with Crippen molar-refractivity contribution in [1.29, 1.82) is 0 Å². The second-order valence-corrected chi connectivity index (χ2v) is 5.56. The summed E-state index contributed by atoms with van der Waals surface area (Å²) in [5, 5.41) is 10.3. The maximum absolute atomic E-state index is 13.3. The van der Waals surface area contributed by atoms with Gasteiger partial charge in [0.15, 0.2) is 17.5 Å². The largest absolute Gasteiger partial charge is 0.388 e. The average Bonchev–Trinajstić information content (AvgIpc) is 2.45. The fourth-order valence-electron chi connectivity index (χ4n) is 2.16. The first-order valence-electron chi connectivity index (χ1n) is 6.22. The van der Waals surface area contributed by atoms with Crippen LogP contribution >= 0.6 is 15.9 Å². The molecule has 0 fully saturated rings. The maximum atomic E-state index is 13.3. The van der Waals surface area contributed by atoms with Gasteiger partial charge in [-0.05, 0) is 35.4 Å². The van der Waals surface area contributed by atoms with Gasteiger partial charge in [0.2, 0.25) is 0 Å². The van der Waals surface area contributed by atoms with Crippen molar-refractivity contribution in [3.05, 3.63) is 69.4 Å². The van der Waals surface area contributed by atoms with Gasteiger partial charge in [-0.25, -0.2) is 13.2 Å². The van der Waals surface area contributed by atoms with E-state index in [1.54, 1.807) is 24.3 Å². The van der Waals surface area contributed by atoms with Gasteiger partial charge in [-0.3, -0.25) is 0 Å². The molecule has 0 aliphatic rings. The number of nitrogens with two attached hydrogens (primary N) is 1. The van der Waals surface area contributed by atoms with Gasteiger partial charge in [-0.1, -0.05) is 28.1 Å². The van der Waals surface area contributed by atoms with Crippen molar-refractivity contribution in [3.8, 4) is 0 Å². The highest BCUT2D eigenvalue weighted by molar-refractivity contribution is 9.10. The summed E-state index contributed by atoms with van der Waals surface area (Å²) in [4.78, 5) is 0. The van der Waals surface area contributed by atoms with E-state index < -0.39 is 29.5 Å². The van der Waals surface area contributed by atoms with E-state index in [1.165, 1.54) is 0 Å². The van der Waals surface area contributed by atoms with Gasteiger partial charge < -0.3 is 10.8 Å². The predicted octanol–water partition coefficient (Wildman–Crippen LogP) is 3.64. The molecular weight excluding hydrogens is 347 g/mol. The van der Waals surface area contributed by atoms with Crippen LogP contribution in [0.15, 0.2) is 40.9 Å². The summed E-state index contributed by atoms with van der Waals surface area (Å²) in [6, 6.07) is 8.65. The van der Waals surface area contributed by atoms with Gasteiger partial charge in [0.25, 0.3) is 0 Å². The van der Waals surface area contributed by atoms with Crippen LogP contribution in [0.5, 0.6) is 0 Å². The predicted molar refractivity (Wildman–Crippen MR) is 77.2 cm³/mol. The Morgan fingerprint density at radius 2 is 1.67 bits per heavy atom. The van der Waals surface area contributed by atoms with Crippen molar-refractivity contribution >= 4 is 15.9 Å². The van der Waals surface area contributed by atoms with Gasteiger partial charge in [0.05, 0.1) is 6.10 Å². The third kappa shape index (κ3) is 3.45. The number of benzene rings is 2. The van der Waals surface area contributed by atoms with Crippen molar-refractivity contribution in [2.24, 2.45) is 5.73 Å². The second-order valence-electron chi connectivity index (χ2n) is 4.64. The van der Waals surface area contributed by atoms with Gasteiger partial charge in [-0.2, -0.15) is 0 Å². The van der Waals surface area contributed by atoms with Crippen LogP contribution in [0.4, 0.5) is 13.2 Å². The van der Waals surface area contributed by atoms with Crippen molar-refractivity contribution < 1.29 is 18.3 Å². The Morgan fingerprint density at radius 1 is 1.05 bits per heavy atom. The van der Waals surface area contributed by atoms with Gasteiger partial charge >= 0.3 is 0 Å². The molecule has 2 rings (SSSR count). The van der Waals surface area contributed by atoms with Crippen LogP contribution in [-0.2, 0) is 0 Å². The maximum Gasteiger partial charge on any atom is 0.194 e. The zero-order chi connectivity index (χ0) is 15.6. The molecule has 6 heteroatoms. The van der Waals surface area contributed by atoms with Crippen LogP contribution in [0.3, 0.4) is 0 Å². The Labute approximate surface area is 128 Å². The standard InChI is InChI=1S/C15H13BrF3NO/c16-10-3-1-2-8(4-10)11(7-20)15(21)9-5-12(17)14(19)13(18)6-9/h1-6,11,15,21H,7,20H2. The topological polar surface area (TPSA) is 46.2 Å². The number of rotatable bonds is 4. The zero-order valence-corrected chi connectivity index (χ0v) is 12.4. The fraction of sp³-hybridized carbons (Fsp3) is 0.200. The molecule has 0 radical (unpaired) electrons. The molecule has 0 aliphatic heterocycles. The Morgan fingerprint density at radius 3 is 2.19 bits per heavy atom. The van der Waals surface area contributed by atoms with E-state index in [9.17, 15) is 18.3 Å². The molecule has 0 spiro atoms. The summed E-state index contributed by atoms with van der Waals surface area (Å²) in [5.74, 6) is -4.80. The molecule has 21 heavy (non-hydrogen) atoms. The molecule has 0 saturated carbocycles. The Hall–Kier alpha value is -1.37. The first-order valence-corrected chi connectivity index (χ1v) is 7.01. The van der Waals surface area contributed by atoms with Gasteiger partial charge in [0.1, 0.15) is 0 Å². The summed E-state index contributed by atoms with van der Waals surface area (Å²) in [6.07, 6.45) is -1.24. The monoisotopic (exact) mass is 359 g/mol. The molecule has 0 bridgehead atoms. The summed E-state index contributed by atoms with van der Waals surface area (Å²) < 4.78 is 40.3. The van der Waals surface area contributed by atoms with Crippen LogP contribution in [0, 0.1) is 17.5 Å². The quantitative estimate of drug-likeness (QED) is 0.818. The van der Waals surface area contributed by atoms with Crippen LogP contribution in [0.1, 0.15) is 23.1 Å². The lowest BCUT2D eigenvalue weighted by Crippen LogP contribution is -2.20. The molecule has 0 aliphatic carbocycles. The van der Waals surface area contributed by atoms with Crippen LogP contribution in [0.25, 0.3) is 0 Å². The SMILES string of the molecule is NCC(c1cccc(Br)c1)C(O)c1cc(F)c(F)c(F)c1. The van der Waals surface area contributed by atoms with E-state index >= 15 is 0 Å². The highest BCUT2D eigenvalue weighted by Crippen LogP contribution is 2.32. The normalized spacial score (nSPS) is 14.0. The van der Waals surface area contributed by atoms with Crippen LogP contribution in [-0.4, -0.2) is 11.7 Å². The molecule has 0 amide bonds. The first-order chi connectivity index (χ1) is 9.93. The molecule has 0 aromatic heterocycles. The zero-order valence-electron chi connectivity index (χ0n) is 10.9. The van der Waals surface area contributed by atoms with E-state index in [0.29, 0.717) is 5.56 Å². The summed E-state index contributed by atoms with van der Waals surface area (Å²) in [7, 11) is 0. The molecule has 2 atom stereocenters. The molecule has 0 saturated heterocycles. The molecule has 3 N–H and O–H groups in total. The molecule has 2 nitrogen and oxygen atoms in total. The minimum Gasteiger partial charge on any atom is -0.388 e. The molecule has 2 aromatic rings. The molecule has 2 aromatic carbocycles. The molecule has 112 valence electrons. The van der Waals surface area contributed by atoms with E-state index in [1.807, 2.05) is 0 Å². The molecule has 0 heterocycles. The minimum absolute atomic E-state index is 0.0539. The van der Waals surface area contributed by atoms with E-state index in [0.717, 1.165) is 16.6 Å². The lowest BCUT2D eigenvalue weighted by Gasteiger charge is -2.22. The van der Waals surface area contributed by atoms with Gasteiger partial charge in [0, 0.05) is 16.9 Å². The van der Waals surface area contributed by atoms with E-state index in [-0.39, 0.29) is 12.1 Å². The number of aliphatic hydroxyl groups is 1. The highest BCUT2D eigenvalue weighted by Gasteiger charge is 2.24. The lowest BCUT2D eigenvalue weighted by molar-refractivity contribution is 0.146. The Bertz CT molecular complexity index is 628. The molecular formula is C15H13BrF3NO. The fourth-order valence-corrected chi connectivity index (χ4v) is 2.58. The summed E-state index contributed by atoms with van der Waals surface area (Å²) >= 11 is 3.31. The third-order valence-corrected chi connectivity index (χ3v) is 3.75. The van der Waals surface area contributed by atoms with Crippen molar-refractivity contribution in [2.45, 2.75) is 12.0 Å². The summed E-state index contributed by atoms with van der Waals surface area (Å²) in [6.45, 7) is 0.0677. The third-order valence-electron chi connectivity index (χ3n) is 3.26. The minimum atomic E-state index is -1.56. The van der Waals surface area contributed by atoms with Crippen LogP contribution in [0.2, 0.25) is 0 Å². The highest BCUT2D eigenvalue weighted by atomic mass is 79.9. The molecule has 2 unspecified atom stereocenters. The number of hydrogen-bond acceptors (Lipinski definition) is 2. The van der Waals surface area contributed by atoms with Crippen molar-refractivity contribution in [1.82, 2.24) is 0 Å². The first kappa shape index (κ1) is 16.0. The second kappa shape index (κ2) is 6.60. The summed E-state index contributed by atoms with van der Waals surface area (Å²) in [5.41, 5.74) is 6.32. The van der Waals surface area contributed by atoms with E-state index in [4.69, 9.17) is 5.73 Å². The van der Waals surface area contributed by atoms with E-state index in [2.05, 4.69) is 15.9 Å². The lowest BCUT2D eigenvalue weighted by atomic mass is 9.89. The average molecular weight is 360 g/mol. The Balaban J connectivity index is 2.39. The number of aliphatic hydroxyl groups excluding tert-OH is 1. The van der Waals surface area contributed by atoms with Gasteiger partial charge in [-0.15, -0.1) is 0 Å². The van der Waals surface area contributed by atoms with Crippen LogP contribution < -0.4 is 5.73 Å². The smallest absolute Gasteiger partial charge is 0.194 e.